The Morgan fingerprint density at radius 2 is 2.00 bits per heavy atom. The largest absolute Gasteiger partial charge is 0.298 e. The summed E-state index contributed by atoms with van der Waals surface area (Å²) in [6.07, 6.45) is 5.79. The molecular formula is C17H14N2O2S. The summed E-state index contributed by atoms with van der Waals surface area (Å²) >= 11 is 0.961. The van der Waals surface area contributed by atoms with E-state index in [1.807, 2.05) is 37.3 Å². The zero-order chi connectivity index (χ0) is 15.5. The Morgan fingerprint density at radius 1 is 1.18 bits per heavy atom. The molecule has 4 nitrogen and oxygen atoms in total. The van der Waals surface area contributed by atoms with Crippen LogP contribution in [0.3, 0.4) is 0 Å². The minimum atomic E-state index is -0.278. The quantitative estimate of drug-likeness (QED) is 0.807. The monoisotopic (exact) mass is 310 g/mol. The van der Waals surface area contributed by atoms with Crippen molar-refractivity contribution in [1.82, 2.24) is 4.98 Å². The molecule has 1 fully saturated rings. The van der Waals surface area contributed by atoms with Gasteiger partial charge in [-0.1, -0.05) is 31.2 Å². The third-order valence-corrected chi connectivity index (χ3v) is 4.26. The van der Waals surface area contributed by atoms with Crippen LogP contribution in [-0.4, -0.2) is 16.1 Å². The Morgan fingerprint density at radius 3 is 2.73 bits per heavy atom. The van der Waals surface area contributed by atoms with Crippen molar-refractivity contribution < 1.29 is 9.59 Å². The van der Waals surface area contributed by atoms with Gasteiger partial charge in [0.05, 0.1) is 10.6 Å². The van der Waals surface area contributed by atoms with Crippen LogP contribution in [0, 0.1) is 0 Å². The van der Waals surface area contributed by atoms with E-state index in [0.29, 0.717) is 10.6 Å². The van der Waals surface area contributed by atoms with E-state index in [2.05, 4.69) is 4.98 Å². The summed E-state index contributed by atoms with van der Waals surface area (Å²) in [5.74, 6) is -0.278. The zero-order valence-electron chi connectivity index (χ0n) is 12.0. The van der Waals surface area contributed by atoms with Crippen LogP contribution in [0.2, 0.25) is 0 Å². The van der Waals surface area contributed by atoms with Crippen LogP contribution in [0.25, 0.3) is 6.08 Å². The number of nitrogens with zero attached hydrogens (tertiary/aromatic N) is 2. The molecule has 0 unspecified atom stereocenters. The number of aryl methyl sites for hydroxylation is 1. The first kappa shape index (κ1) is 14.5. The summed E-state index contributed by atoms with van der Waals surface area (Å²) in [6, 6.07) is 11.1. The van der Waals surface area contributed by atoms with E-state index in [4.69, 9.17) is 0 Å². The predicted octanol–water partition coefficient (Wildman–Crippen LogP) is 3.88. The second kappa shape index (κ2) is 6.15. The number of thioether (sulfide) groups is 1. The van der Waals surface area contributed by atoms with Gasteiger partial charge in [-0.05, 0) is 47.5 Å². The van der Waals surface area contributed by atoms with Gasteiger partial charge >= 0.3 is 0 Å². The molecule has 0 aliphatic carbocycles. The molecule has 2 heterocycles. The molecule has 0 N–H and O–H groups in total. The van der Waals surface area contributed by atoms with Crippen LogP contribution >= 0.6 is 11.8 Å². The predicted molar refractivity (Wildman–Crippen MR) is 88.5 cm³/mol. The number of amides is 2. The third kappa shape index (κ3) is 2.67. The maximum absolute atomic E-state index is 12.6. The van der Waals surface area contributed by atoms with E-state index in [1.54, 1.807) is 24.5 Å². The van der Waals surface area contributed by atoms with Gasteiger partial charge in [0, 0.05) is 12.4 Å². The molecule has 0 radical (unpaired) electrons. The maximum Gasteiger partial charge on any atom is 0.298 e. The average molecular weight is 310 g/mol. The minimum Gasteiger partial charge on any atom is -0.268 e. The minimum absolute atomic E-state index is 0.263. The van der Waals surface area contributed by atoms with Gasteiger partial charge in [0.15, 0.2) is 0 Å². The van der Waals surface area contributed by atoms with Crippen molar-refractivity contribution in [1.29, 1.82) is 0 Å². The lowest BCUT2D eigenvalue weighted by atomic mass is 10.1. The van der Waals surface area contributed by atoms with Gasteiger partial charge in [0.1, 0.15) is 0 Å². The van der Waals surface area contributed by atoms with Gasteiger partial charge in [0.2, 0.25) is 0 Å². The van der Waals surface area contributed by atoms with Crippen LogP contribution in [0.5, 0.6) is 0 Å². The fourth-order valence-electron chi connectivity index (χ4n) is 2.32. The fourth-order valence-corrected chi connectivity index (χ4v) is 3.15. The number of rotatable bonds is 3. The SMILES string of the molecule is CCc1ccccc1N1C(=O)S/C(=C\c2cccnc2)C1=O. The van der Waals surface area contributed by atoms with Gasteiger partial charge < -0.3 is 0 Å². The Bertz CT molecular complexity index is 756. The van der Waals surface area contributed by atoms with E-state index in [-0.39, 0.29) is 11.1 Å². The normalized spacial score (nSPS) is 16.6. The van der Waals surface area contributed by atoms with E-state index < -0.39 is 0 Å². The molecule has 1 aromatic carbocycles. The lowest BCUT2D eigenvalue weighted by Gasteiger charge is -2.16. The first-order valence-electron chi connectivity index (χ1n) is 6.96. The molecule has 1 saturated heterocycles. The highest BCUT2D eigenvalue weighted by atomic mass is 32.2. The highest BCUT2D eigenvalue weighted by Gasteiger charge is 2.37. The molecule has 1 aromatic heterocycles. The number of hydrogen-bond acceptors (Lipinski definition) is 4. The summed E-state index contributed by atoms with van der Waals surface area (Å²) in [6.45, 7) is 2.00. The lowest BCUT2D eigenvalue weighted by Crippen LogP contribution is -2.28. The number of carbonyl (C=O) groups is 2. The summed E-state index contributed by atoms with van der Waals surface area (Å²) in [5.41, 5.74) is 2.45. The topological polar surface area (TPSA) is 50.3 Å². The van der Waals surface area contributed by atoms with Crippen molar-refractivity contribution in [2.75, 3.05) is 4.90 Å². The number of pyridine rings is 1. The highest BCUT2D eigenvalue weighted by Crippen LogP contribution is 2.37. The Kier molecular flexibility index (Phi) is 4.06. The van der Waals surface area contributed by atoms with Crippen molar-refractivity contribution in [3.05, 3.63) is 64.8 Å². The van der Waals surface area contributed by atoms with Crippen LogP contribution in [0.4, 0.5) is 10.5 Å². The summed E-state index contributed by atoms with van der Waals surface area (Å²) in [5, 5.41) is -0.263. The van der Waals surface area contributed by atoms with E-state index >= 15 is 0 Å². The van der Waals surface area contributed by atoms with Crippen LogP contribution in [0.15, 0.2) is 53.7 Å². The summed E-state index contributed by atoms with van der Waals surface area (Å²) in [7, 11) is 0. The van der Waals surface area contributed by atoms with Crippen molar-refractivity contribution in [2.45, 2.75) is 13.3 Å². The first-order chi connectivity index (χ1) is 10.7. The van der Waals surface area contributed by atoms with Crippen LogP contribution in [-0.2, 0) is 11.2 Å². The number of aromatic nitrogens is 1. The van der Waals surface area contributed by atoms with Gasteiger partial charge in [0.25, 0.3) is 11.1 Å². The standard InChI is InChI=1S/C17H14N2O2S/c1-2-13-7-3-4-8-14(13)19-16(20)15(22-17(19)21)10-12-6-5-9-18-11-12/h3-11H,2H2,1H3/b15-10-. The van der Waals surface area contributed by atoms with E-state index in [1.165, 1.54) is 4.90 Å². The molecule has 2 aromatic rings. The van der Waals surface area contributed by atoms with Crippen molar-refractivity contribution in [3.8, 4) is 0 Å². The van der Waals surface area contributed by atoms with Gasteiger partial charge in [-0.25, -0.2) is 4.90 Å². The highest BCUT2D eigenvalue weighted by molar-refractivity contribution is 8.19. The van der Waals surface area contributed by atoms with Crippen molar-refractivity contribution >= 4 is 34.7 Å². The van der Waals surface area contributed by atoms with Crippen LogP contribution in [0.1, 0.15) is 18.1 Å². The third-order valence-electron chi connectivity index (χ3n) is 3.39. The molecule has 110 valence electrons. The molecule has 22 heavy (non-hydrogen) atoms. The molecule has 0 saturated carbocycles. The molecule has 1 aliphatic rings. The molecule has 0 atom stereocenters. The number of para-hydroxylation sites is 1. The lowest BCUT2D eigenvalue weighted by molar-refractivity contribution is -0.113. The van der Waals surface area contributed by atoms with E-state index in [9.17, 15) is 9.59 Å². The average Bonchev–Trinajstić information content (AvgIpc) is 2.82. The van der Waals surface area contributed by atoms with Gasteiger partial charge in [-0.3, -0.25) is 14.6 Å². The molecule has 3 rings (SSSR count). The molecule has 0 spiro atoms. The zero-order valence-corrected chi connectivity index (χ0v) is 12.8. The maximum atomic E-state index is 12.6. The van der Waals surface area contributed by atoms with Gasteiger partial charge in [-0.15, -0.1) is 0 Å². The Balaban J connectivity index is 1.97. The number of anilines is 1. The Hall–Kier alpha value is -2.40. The van der Waals surface area contributed by atoms with Gasteiger partial charge in [-0.2, -0.15) is 0 Å². The molecular weight excluding hydrogens is 296 g/mol. The van der Waals surface area contributed by atoms with E-state index in [0.717, 1.165) is 29.3 Å². The number of benzene rings is 1. The molecule has 5 heteroatoms. The molecule has 0 bridgehead atoms. The molecule has 2 amide bonds. The second-order valence-corrected chi connectivity index (χ2v) is 5.78. The summed E-state index contributed by atoms with van der Waals surface area (Å²) < 4.78 is 0. The molecule has 1 aliphatic heterocycles. The fraction of sp³-hybridized carbons (Fsp3) is 0.118. The number of carbonyl (C=O) groups excluding carboxylic acids is 2. The first-order valence-corrected chi connectivity index (χ1v) is 7.78. The van der Waals surface area contributed by atoms with Crippen LogP contribution < -0.4 is 4.90 Å². The smallest absolute Gasteiger partial charge is 0.268 e. The number of imide groups is 1. The Labute approximate surface area is 132 Å². The second-order valence-electron chi connectivity index (χ2n) is 4.79. The summed E-state index contributed by atoms with van der Waals surface area (Å²) in [4.78, 5) is 30.5. The van der Waals surface area contributed by atoms with Crippen molar-refractivity contribution in [2.24, 2.45) is 0 Å². The number of hydrogen-bond donors (Lipinski definition) is 0. The van der Waals surface area contributed by atoms with Crippen molar-refractivity contribution in [3.63, 3.8) is 0 Å².